The van der Waals surface area contributed by atoms with E-state index in [0.29, 0.717) is 17.9 Å². The lowest BCUT2D eigenvalue weighted by Crippen LogP contribution is -2.55. The van der Waals surface area contributed by atoms with E-state index in [0.717, 1.165) is 5.56 Å². The van der Waals surface area contributed by atoms with Crippen molar-refractivity contribution in [3.05, 3.63) is 34.9 Å². The van der Waals surface area contributed by atoms with Crippen LogP contribution in [0.5, 0.6) is 0 Å². The maximum absolute atomic E-state index is 12.5. The summed E-state index contributed by atoms with van der Waals surface area (Å²) < 4.78 is 0. The molecule has 0 radical (unpaired) electrons. The van der Waals surface area contributed by atoms with Gasteiger partial charge in [-0.15, -0.1) is 0 Å². The van der Waals surface area contributed by atoms with E-state index in [1.54, 1.807) is 24.3 Å². The summed E-state index contributed by atoms with van der Waals surface area (Å²) in [4.78, 5) is 25.6. The molecule has 2 rings (SSSR count). The van der Waals surface area contributed by atoms with E-state index in [4.69, 9.17) is 27.4 Å². The number of carbonyl (C=O) groups is 2. The number of halogens is 1. The summed E-state index contributed by atoms with van der Waals surface area (Å²) in [5.41, 5.74) is 5.34. The highest BCUT2D eigenvalue weighted by molar-refractivity contribution is 6.40. The fourth-order valence-electron chi connectivity index (χ4n) is 3.15. The molecule has 5 N–H and O–H groups in total. The van der Waals surface area contributed by atoms with Crippen molar-refractivity contribution in [3.63, 3.8) is 0 Å². The zero-order valence-corrected chi connectivity index (χ0v) is 14.5. The molecule has 1 aliphatic rings. The third kappa shape index (κ3) is 4.95. The number of nitrogens with two attached hydrogens (primary N) is 1. The van der Waals surface area contributed by atoms with Gasteiger partial charge in [-0.25, -0.2) is 0 Å². The molecule has 1 amide bonds. The number of carboxylic acids is 1. The predicted molar refractivity (Wildman–Crippen MR) is 94.0 cm³/mol. The van der Waals surface area contributed by atoms with Gasteiger partial charge in [-0.1, -0.05) is 30.2 Å². The molecule has 0 bridgehead atoms. The maximum Gasteiger partial charge on any atom is 0.451 e. The first-order chi connectivity index (χ1) is 11.7. The van der Waals surface area contributed by atoms with Crippen molar-refractivity contribution in [1.82, 2.24) is 4.90 Å². The summed E-state index contributed by atoms with van der Waals surface area (Å²) in [7, 11) is -1.43. The molecule has 7 nitrogen and oxygen atoms in total. The monoisotopic (exact) mass is 368 g/mol. The van der Waals surface area contributed by atoms with Crippen LogP contribution in [0, 0.1) is 5.92 Å². The molecule has 9 heteroatoms. The molecule has 1 fully saturated rings. The van der Waals surface area contributed by atoms with E-state index in [2.05, 4.69) is 0 Å². The molecule has 1 aliphatic heterocycles. The molecule has 1 aromatic rings. The van der Waals surface area contributed by atoms with Gasteiger partial charge in [-0.3, -0.25) is 9.59 Å². The predicted octanol–water partition coefficient (Wildman–Crippen LogP) is 0.376. The number of carboxylic acid groups (broad SMARTS) is 1. The number of amides is 1. The standard InChI is InChI=1S/C16H22BClN2O5/c18-13-5-3-11(4-6-13)8-14(21)20-9-12(2-1-7-17(24)25)16(19,10-20)15(22)23/h3-6,12,24-25H,1-2,7-10,19H2,(H,22,23)/t12-,16-/m0/s1. The van der Waals surface area contributed by atoms with Crippen LogP contribution in [0.3, 0.4) is 0 Å². The number of carbonyl (C=O) groups excluding carboxylic acids is 1. The lowest BCUT2D eigenvalue weighted by atomic mass is 9.78. The minimum atomic E-state index is -1.52. The lowest BCUT2D eigenvalue weighted by molar-refractivity contribution is -0.144. The van der Waals surface area contributed by atoms with Crippen LogP contribution in [0.15, 0.2) is 24.3 Å². The van der Waals surface area contributed by atoms with E-state index in [-0.39, 0.29) is 31.7 Å². The normalized spacial score (nSPS) is 22.9. The molecule has 1 heterocycles. The van der Waals surface area contributed by atoms with Gasteiger partial charge in [0, 0.05) is 24.0 Å². The highest BCUT2D eigenvalue weighted by Gasteiger charge is 2.50. The Balaban J connectivity index is 2.02. The number of aliphatic carboxylic acids is 1. The quantitative estimate of drug-likeness (QED) is 0.516. The van der Waals surface area contributed by atoms with E-state index in [1.165, 1.54) is 4.90 Å². The topological polar surface area (TPSA) is 124 Å². The third-order valence-corrected chi connectivity index (χ3v) is 4.91. The Kier molecular flexibility index (Phi) is 6.45. The Hall–Kier alpha value is -1.61. The number of likely N-dealkylation sites (tertiary alicyclic amines) is 1. The zero-order valence-electron chi connectivity index (χ0n) is 13.8. The molecule has 0 unspecified atom stereocenters. The Morgan fingerprint density at radius 1 is 1.32 bits per heavy atom. The fraction of sp³-hybridized carbons (Fsp3) is 0.500. The van der Waals surface area contributed by atoms with Gasteiger partial charge >= 0.3 is 13.1 Å². The van der Waals surface area contributed by atoms with Crippen LogP contribution in [-0.2, 0) is 16.0 Å². The van der Waals surface area contributed by atoms with Crippen molar-refractivity contribution in [2.75, 3.05) is 13.1 Å². The smallest absolute Gasteiger partial charge is 0.451 e. The first kappa shape index (κ1) is 19.7. The van der Waals surface area contributed by atoms with Gasteiger partial charge in [-0.2, -0.15) is 0 Å². The van der Waals surface area contributed by atoms with Gasteiger partial charge in [0.2, 0.25) is 5.91 Å². The highest BCUT2D eigenvalue weighted by Crippen LogP contribution is 2.31. The number of benzene rings is 1. The van der Waals surface area contributed by atoms with Crippen LogP contribution in [0.25, 0.3) is 0 Å². The second-order valence-corrected chi connectivity index (χ2v) is 6.97. The molecule has 136 valence electrons. The van der Waals surface area contributed by atoms with Crippen molar-refractivity contribution in [1.29, 1.82) is 0 Å². The SMILES string of the molecule is N[C@@]1(C(=O)O)CN(C(=O)Cc2ccc(Cl)cc2)C[C@@H]1CCCB(O)O. The van der Waals surface area contributed by atoms with E-state index >= 15 is 0 Å². The molecule has 1 aromatic carbocycles. The van der Waals surface area contributed by atoms with E-state index < -0.39 is 24.5 Å². The maximum atomic E-state index is 12.5. The Labute approximate surface area is 151 Å². The minimum absolute atomic E-state index is 0.0545. The summed E-state index contributed by atoms with van der Waals surface area (Å²) in [6.45, 7) is 0.192. The number of nitrogens with zero attached hydrogens (tertiary/aromatic N) is 1. The summed E-state index contributed by atoms with van der Waals surface area (Å²) in [6, 6.07) is 6.90. The Morgan fingerprint density at radius 3 is 2.52 bits per heavy atom. The van der Waals surface area contributed by atoms with Crippen molar-refractivity contribution in [2.45, 2.75) is 31.1 Å². The van der Waals surface area contributed by atoms with Gasteiger partial charge in [0.1, 0.15) is 5.54 Å². The molecule has 0 aromatic heterocycles. The van der Waals surface area contributed by atoms with Crippen molar-refractivity contribution < 1.29 is 24.7 Å². The van der Waals surface area contributed by atoms with Crippen molar-refractivity contribution >= 4 is 30.6 Å². The summed E-state index contributed by atoms with van der Waals surface area (Å²) in [5, 5.41) is 27.9. The molecule has 0 saturated carbocycles. The summed E-state index contributed by atoms with van der Waals surface area (Å²) >= 11 is 5.82. The summed E-state index contributed by atoms with van der Waals surface area (Å²) in [5.74, 6) is -1.77. The molecule has 25 heavy (non-hydrogen) atoms. The van der Waals surface area contributed by atoms with Gasteiger partial charge in [-0.05, 0) is 30.4 Å². The zero-order chi connectivity index (χ0) is 18.6. The number of hydrogen-bond acceptors (Lipinski definition) is 5. The fourth-order valence-corrected chi connectivity index (χ4v) is 3.28. The first-order valence-corrected chi connectivity index (χ1v) is 8.51. The third-order valence-electron chi connectivity index (χ3n) is 4.66. The molecule has 0 aliphatic carbocycles. The Bertz CT molecular complexity index is 627. The van der Waals surface area contributed by atoms with Gasteiger partial charge in [0.25, 0.3) is 0 Å². The van der Waals surface area contributed by atoms with Gasteiger partial charge in [0.15, 0.2) is 0 Å². The van der Waals surface area contributed by atoms with E-state index in [1.807, 2.05) is 0 Å². The second kappa shape index (κ2) is 8.18. The molecule has 1 saturated heterocycles. The van der Waals surface area contributed by atoms with Crippen molar-refractivity contribution in [3.8, 4) is 0 Å². The molecule has 0 spiro atoms. The molecular weight excluding hydrogens is 346 g/mol. The van der Waals surface area contributed by atoms with Crippen LogP contribution in [0.4, 0.5) is 0 Å². The molecular formula is C16H22BClN2O5. The highest BCUT2D eigenvalue weighted by atomic mass is 35.5. The minimum Gasteiger partial charge on any atom is -0.480 e. The van der Waals surface area contributed by atoms with Gasteiger partial charge in [0.05, 0.1) is 6.42 Å². The van der Waals surface area contributed by atoms with Crippen LogP contribution < -0.4 is 5.73 Å². The van der Waals surface area contributed by atoms with Gasteiger partial charge < -0.3 is 25.8 Å². The Morgan fingerprint density at radius 2 is 1.96 bits per heavy atom. The average Bonchev–Trinajstić information content (AvgIpc) is 2.88. The lowest BCUT2D eigenvalue weighted by Gasteiger charge is -2.25. The number of rotatable bonds is 7. The van der Waals surface area contributed by atoms with Crippen molar-refractivity contribution in [2.24, 2.45) is 11.7 Å². The van der Waals surface area contributed by atoms with Crippen LogP contribution in [0.1, 0.15) is 18.4 Å². The molecule has 2 atom stereocenters. The summed E-state index contributed by atoms with van der Waals surface area (Å²) in [6.07, 6.45) is 1.12. The van der Waals surface area contributed by atoms with Crippen LogP contribution in [0.2, 0.25) is 11.3 Å². The second-order valence-electron chi connectivity index (χ2n) is 6.53. The average molecular weight is 369 g/mol. The first-order valence-electron chi connectivity index (χ1n) is 8.13. The van der Waals surface area contributed by atoms with Crippen LogP contribution >= 0.6 is 11.6 Å². The van der Waals surface area contributed by atoms with E-state index in [9.17, 15) is 14.7 Å². The number of hydrogen-bond donors (Lipinski definition) is 4. The largest absolute Gasteiger partial charge is 0.480 e. The van der Waals surface area contributed by atoms with Crippen LogP contribution in [-0.4, -0.2) is 57.7 Å².